The number of nitrogens with zero attached hydrogens (tertiary/aromatic N) is 2. The number of rotatable bonds is 5. The van der Waals surface area contributed by atoms with E-state index in [-0.39, 0.29) is 23.6 Å². The average molecular weight is 366 g/mol. The molecule has 2 aromatic carbocycles. The number of phenols is 2. The van der Waals surface area contributed by atoms with Crippen molar-refractivity contribution in [2.45, 2.75) is 44.7 Å². The molecule has 0 radical (unpaired) electrons. The van der Waals surface area contributed by atoms with Crippen LogP contribution in [0.4, 0.5) is 0 Å². The minimum Gasteiger partial charge on any atom is -0.507 e. The number of aliphatic imine (C=N–C) groups is 2. The van der Waals surface area contributed by atoms with E-state index in [1.807, 2.05) is 19.1 Å². The van der Waals surface area contributed by atoms with Crippen molar-refractivity contribution in [3.05, 3.63) is 53.1 Å². The Hall–Kier alpha value is -2.82. The predicted octanol–water partition coefficient (Wildman–Crippen LogP) is 4.26. The number of aryl methyl sites for hydroxylation is 1. The van der Waals surface area contributed by atoms with Gasteiger partial charge in [0.25, 0.3) is 0 Å². The Bertz CT molecular complexity index is 845. The number of phenolic OH excluding ortho intramolecular Hbond substituents is 2. The fraction of sp³-hybridized carbons (Fsp3) is 0.364. The number of hydrogen-bond donors (Lipinski definition) is 2. The molecule has 5 heteroatoms. The summed E-state index contributed by atoms with van der Waals surface area (Å²) >= 11 is 0. The van der Waals surface area contributed by atoms with Gasteiger partial charge in [0.05, 0.1) is 19.2 Å². The summed E-state index contributed by atoms with van der Waals surface area (Å²) in [6, 6.07) is 10.9. The van der Waals surface area contributed by atoms with Crippen molar-refractivity contribution in [3.8, 4) is 17.2 Å². The minimum atomic E-state index is 0.0732. The van der Waals surface area contributed by atoms with Crippen molar-refractivity contribution in [2.75, 3.05) is 7.11 Å². The van der Waals surface area contributed by atoms with Crippen molar-refractivity contribution in [1.82, 2.24) is 0 Å². The first-order valence-electron chi connectivity index (χ1n) is 9.30. The second-order valence-electron chi connectivity index (χ2n) is 6.96. The molecule has 0 saturated heterocycles. The van der Waals surface area contributed by atoms with E-state index >= 15 is 0 Å². The largest absolute Gasteiger partial charge is 0.507 e. The lowest BCUT2D eigenvalue weighted by atomic mass is 9.91. The highest BCUT2D eigenvalue weighted by Crippen LogP contribution is 2.26. The molecule has 27 heavy (non-hydrogen) atoms. The molecule has 0 spiro atoms. The van der Waals surface area contributed by atoms with Crippen LogP contribution in [0.1, 0.15) is 42.4 Å². The number of hydrogen-bond acceptors (Lipinski definition) is 5. The number of ether oxygens (including phenoxy) is 1. The second-order valence-corrected chi connectivity index (χ2v) is 6.96. The van der Waals surface area contributed by atoms with Gasteiger partial charge in [0, 0.05) is 29.6 Å². The maximum atomic E-state index is 10.1. The van der Waals surface area contributed by atoms with E-state index in [9.17, 15) is 10.2 Å². The van der Waals surface area contributed by atoms with Gasteiger partial charge in [0.15, 0.2) is 0 Å². The van der Waals surface area contributed by atoms with E-state index in [0.717, 1.165) is 36.8 Å². The molecule has 0 bridgehead atoms. The molecule has 2 unspecified atom stereocenters. The molecular formula is C22H26N2O3. The highest BCUT2D eigenvalue weighted by Gasteiger charge is 2.23. The second kappa shape index (κ2) is 8.71. The molecule has 1 aliphatic carbocycles. The molecular weight excluding hydrogens is 340 g/mol. The van der Waals surface area contributed by atoms with Gasteiger partial charge in [-0.15, -0.1) is 0 Å². The number of aromatic hydroxyl groups is 2. The molecule has 1 saturated carbocycles. The lowest BCUT2D eigenvalue weighted by Gasteiger charge is -2.25. The van der Waals surface area contributed by atoms with Crippen molar-refractivity contribution >= 4 is 12.4 Å². The maximum absolute atomic E-state index is 10.1. The quantitative estimate of drug-likeness (QED) is 0.776. The molecule has 3 rings (SSSR count). The predicted molar refractivity (Wildman–Crippen MR) is 109 cm³/mol. The Kier molecular flexibility index (Phi) is 6.12. The summed E-state index contributed by atoms with van der Waals surface area (Å²) < 4.78 is 5.11. The summed E-state index contributed by atoms with van der Waals surface area (Å²) in [4.78, 5) is 9.40. The van der Waals surface area contributed by atoms with Gasteiger partial charge >= 0.3 is 0 Å². The Labute approximate surface area is 160 Å². The van der Waals surface area contributed by atoms with E-state index in [1.165, 1.54) is 0 Å². The summed E-state index contributed by atoms with van der Waals surface area (Å²) in [5.74, 6) is 1.01. The lowest BCUT2D eigenvalue weighted by Crippen LogP contribution is -2.27. The van der Waals surface area contributed by atoms with E-state index in [1.54, 1.807) is 43.8 Å². The molecule has 1 aliphatic rings. The molecule has 0 amide bonds. The van der Waals surface area contributed by atoms with Gasteiger partial charge in [0.1, 0.15) is 17.2 Å². The Morgan fingerprint density at radius 3 is 1.96 bits per heavy atom. The van der Waals surface area contributed by atoms with Gasteiger partial charge in [-0.1, -0.05) is 18.9 Å². The van der Waals surface area contributed by atoms with Gasteiger partial charge in [0.2, 0.25) is 0 Å². The van der Waals surface area contributed by atoms with Gasteiger partial charge < -0.3 is 14.9 Å². The van der Waals surface area contributed by atoms with Crippen molar-refractivity contribution in [2.24, 2.45) is 9.98 Å². The van der Waals surface area contributed by atoms with Gasteiger partial charge in [-0.05, 0) is 49.6 Å². The molecule has 0 heterocycles. The summed E-state index contributed by atoms with van der Waals surface area (Å²) in [7, 11) is 1.57. The van der Waals surface area contributed by atoms with Crippen LogP contribution in [-0.4, -0.2) is 41.8 Å². The first-order valence-corrected chi connectivity index (χ1v) is 9.30. The Morgan fingerprint density at radius 2 is 1.44 bits per heavy atom. The van der Waals surface area contributed by atoms with Crippen molar-refractivity contribution in [3.63, 3.8) is 0 Å². The molecule has 2 N–H and O–H groups in total. The molecule has 142 valence electrons. The van der Waals surface area contributed by atoms with Crippen LogP contribution in [0.25, 0.3) is 0 Å². The molecule has 0 aromatic heterocycles. The Morgan fingerprint density at radius 1 is 0.889 bits per heavy atom. The van der Waals surface area contributed by atoms with Crippen LogP contribution in [0.2, 0.25) is 0 Å². The normalized spacial score (nSPS) is 20.4. The van der Waals surface area contributed by atoms with Gasteiger partial charge in [-0.3, -0.25) is 9.98 Å². The number of methoxy groups -OCH3 is 1. The molecule has 1 fully saturated rings. The zero-order valence-corrected chi connectivity index (χ0v) is 15.8. The fourth-order valence-electron chi connectivity index (χ4n) is 3.31. The topological polar surface area (TPSA) is 74.4 Å². The average Bonchev–Trinajstić information content (AvgIpc) is 2.67. The third-order valence-corrected chi connectivity index (χ3v) is 4.93. The molecule has 2 aromatic rings. The molecule has 2 atom stereocenters. The monoisotopic (exact) mass is 366 g/mol. The highest BCUT2D eigenvalue weighted by molar-refractivity contribution is 5.84. The summed E-state index contributed by atoms with van der Waals surface area (Å²) in [6.45, 7) is 1.95. The van der Waals surface area contributed by atoms with Crippen molar-refractivity contribution < 1.29 is 14.9 Å². The van der Waals surface area contributed by atoms with Crippen LogP contribution in [0, 0.1) is 6.92 Å². The maximum Gasteiger partial charge on any atom is 0.128 e. The van der Waals surface area contributed by atoms with Gasteiger partial charge in [-0.25, -0.2) is 0 Å². The number of benzene rings is 2. The van der Waals surface area contributed by atoms with E-state index in [4.69, 9.17) is 14.7 Å². The third kappa shape index (κ3) is 4.88. The van der Waals surface area contributed by atoms with E-state index in [2.05, 4.69) is 0 Å². The van der Waals surface area contributed by atoms with Gasteiger partial charge in [-0.2, -0.15) is 0 Å². The van der Waals surface area contributed by atoms with Crippen LogP contribution >= 0.6 is 0 Å². The van der Waals surface area contributed by atoms with Crippen LogP contribution in [0.15, 0.2) is 46.4 Å². The highest BCUT2D eigenvalue weighted by atomic mass is 16.5. The van der Waals surface area contributed by atoms with Crippen LogP contribution in [0.5, 0.6) is 17.2 Å². The fourth-order valence-corrected chi connectivity index (χ4v) is 3.31. The third-order valence-electron chi connectivity index (χ3n) is 4.93. The van der Waals surface area contributed by atoms with Crippen LogP contribution in [0.3, 0.4) is 0 Å². The van der Waals surface area contributed by atoms with Crippen LogP contribution in [-0.2, 0) is 0 Å². The summed E-state index contributed by atoms with van der Waals surface area (Å²) in [5, 5.41) is 20.1. The van der Waals surface area contributed by atoms with Crippen LogP contribution < -0.4 is 4.74 Å². The van der Waals surface area contributed by atoms with E-state index < -0.39 is 0 Å². The molecule has 0 aliphatic heterocycles. The smallest absolute Gasteiger partial charge is 0.128 e. The SMILES string of the molecule is COc1ccc(C=NC2CCCCC2N=Cc2ccc(C)cc2O)c(O)c1. The summed E-state index contributed by atoms with van der Waals surface area (Å²) in [6.07, 6.45) is 7.66. The lowest BCUT2D eigenvalue weighted by molar-refractivity contribution is 0.390. The first-order chi connectivity index (χ1) is 13.1. The summed E-state index contributed by atoms with van der Waals surface area (Å²) in [5.41, 5.74) is 2.41. The first kappa shape index (κ1) is 19.0. The molecule has 5 nitrogen and oxygen atoms in total. The van der Waals surface area contributed by atoms with Crippen molar-refractivity contribution in [1.29, 1.82) is 0 Å². The minimum absolute atomic E-state index is 0.0732. The zero-order chi connectivity index (χ0) is 19.2. The standard InChI is InChI=1S/C22H26N2O3/c1-15-7-8-16(21(25)11-15)13-23-19-5-3-4-6-20(19)24-14-17-9-10-18(27-2)12-22(17)26/h7-14,19-20,25-26H,3-6H2,1-2H3. The zero-order valence-electron chi connectivity index (χ0n) is 15.8. The Balaban J connectivity index is 1.74. The van der Waals surface area contributed by atoms with E-state index in [0.29, 0.717) is 11.3 Å².